The molecule has 1 saturated heterocycles. The molecule has 2 atom stereocenters. The number of hydrogen-bond acceptors (Lipinski definition) is 11. The second-order valence-corrected chi connectivity index (χ2v) is 16.5. The van der Waals surface area contributed by atoms with Crippen molar-refractivity contribution in [3.63, 3.8) is 0 Å². The number of anilines is 3. The van der Waals surface area contributed by atoms with E-state index in [1.165, 1.54) is 0 Å². The number of carbonyl (C=O) groups is 3. The molecule has 7 N–H and O–H groups in total. The number of nitrogens with two attached hydrogens (primary N) is 2. The quantitative estimate of drug-likeness (QED) is 0.0534. The van der Waals surface area contributed by atoms with Gasteiger partial charge in [0.1, 0.15) is 31.5 Å². The van der Waals surface area contributed by atoms with E-state index in [1.54, 1.807) is 86.6 Å². The number of nitrogen functional groups attached to an aromatic ring is 2. The summed E-state index contributed by atoms with van der Waals surface area (Å²) in [5.74, 6) is -0.624. The van der Waals surface area contributed by atoms with Crippen molar-refractivity contribution in [1.82, 2.24) is 30.2 Å². The van der Waals surface area contributed by atoms with Gasteiger partial charge in [-0.3, -0.25) is 14.6 Å². The molecule has 6 aromatic rings. The average molecular weight is 1020 g/mol. The molecule has 1 aliphatic rings. The number of amides is 3. The Morgan fingerprint density at radius 3 is 2.20 bits per heavy atom. The fourth-order valence-corrected chi connectivity index (χ4v) is 6.92. The van der Waals surface area contributed by atoms with E-state index in [1.807, 2.05) is 48.5 Å². The molecule has 60 heavy (non-hydrogen) atoms. The van der Waals surface area contributed by atoms with Crippen LogP contribution in [-0.2, 0) is 14.3 Å². The molecule has 1 radical (unpaired) electrons. The number of nitrogens with one attached hydrogen (secondary N) is 3. The molecule has 4 aromatic heterocycles. The zero-order valence-corrected chi connectivity index (χ0v) is 38.5. The fourth-order valence-electron chi connectivity index (χ4n) is 5.72. The summed E-state index contributed by atoms with van der Waals surface area (Å²) in [6.07, 6.45) is 3.82. The summed E-state index contributed by atoms with van der Waals surface area (Å²) in [6.45, 7) is 5.70. The number of aromatic amines is 1. The van der Waals surface area contributed by atoms with Crippen LogP contribution in [0.15, 0.2) is 128 Å². The molecule has 0 aliphatic carbocycles. The van der Waals surface area contributed by atoms with Crippen LogP contribution in [-0.4, -0.2) is 68.6 Å². The van der Waals surface area contributed by atoms with Gasteiger partial charge < -0.3 is 36.7 Å². The van der Waals surface area contributed by atoms with Gasteiger partial charge in [0.15, 0.2) is 0 Å². The van der Waals surface area contributed by atoms with E-state index in [0.29, 0.717) is 46.6 Å². The number of alkyl carbamates (subject to hydrolysis) is 1. The Morgan fingerprint density at radius 1 is 0.950 bits per heavy atom. The second kappa shape index (κ2) is 23.0. The second-order valence-electron chi connectivity index (χ2n) is 13.9. The third kappa shape index (κ3) is 14.9. The maximum atomic E-state index is 13.8. The van der Waals surface area contributed by atoms with E-state index >= 15 is 0 Å². The third-order valence-corrected chi connectivity index (χ3v) is 9.83. The van der Waals surface area contributed by atoms with E-state index in [9.17, 15) is 14.4 Å². The molecule has 1 aliphatic heterocycles. The van der Waals surface area contributed by atoms with Crippen molar-refractivity contribution in [2.75, 3.05) is 23.3 Å². The van der Waals surface area contributed by atoms with Crippen LogP contribution >= 0.6 is 60.6 Å². The van der Waals surface area contributed by atoms with E-state index in [4.69, 9.17) is 16.2 Å². The van der Waals surface area contributed by atoms with Gasteiger partial charge in [-0.1, -0.05) is 42.5 Å². The van der Waals surface area contributed by atoms with Gasteiger partial charge >= 0.3 is 30.8 Å². The summed E-state index contributed by atoms with van der Waals surface area (Å²) >= 11 is 13.0. The van der Waals surface area contributed by atoms with E-state index in [-0.39, 0.29) is 11.8 Å². The molecule has 5 heterocycles. The average Bonchev–Trinajstić information content (AvgIpc) is 3.88. The molecule has 311 valence electrons. The van der Waals surface area contributed by atoms with Gasteiger partial charge in [-0.15, -0.1) is 0 Å². The molecule has 2 aromatic carbocycles. The van der Waals surface area contributed by atoms with Crippen LogP contribution in [0.25, 0.3) is 22.3 Å². The zero-order chi connectivity index (χ0) is 43.8. The number of halogens is 3. The van der Waals surface area contributed by atoms with Gasteiger partial charge in [-0.25, -0.2) is 14.8 Å². The molecule has 0 spiro atoms. The monoisotopic (exact) mass is 1020 g/mol. The van der Waals surface area contributed by atoms with Gasteiger partial charge in [0.05, 0.1) is 22.4 Å². The standard InChI is InChI=1S/C31H32BrN5O4.C5H4Br2N2.C5H6N2.BHNS/c1-31(2,3)41-30(40)36-27(20-8-5-4-6-9-20)29(39)37-17-7-10-25(37)28(38)33-21-13-11-19(12-14-21)23-18-24-22(34-23)15-16-26(32)35-24;6-4-2-1-3(8)5(7)9-4;6-5-2-1-3-7-4-5;1-2-3/h4-6,8-9,11-16,18,25,27,34H,7,10,17H2,1-3H3,(H,33,38)(H,36,40);1-2H,8H2;1-4H,6H2;3H/t25-,27-;;;/m0.../s1. The molecule has 0 bridgehead atoms. The Kier molecular flexibility index (Phi) is 18.3. The van der Waals surface area contributed by atoms with Crippen LogP contribution in [0.3, 0.4) is 0 Å². The molecule has 3 amide bonds. The number of hydrogen-bond donors (Lipinski definition) is 6. The molecule has 0 unspecified atom stereocenters. The molecular weight excluding hydrogens is 979 g/mol. The number of pyridine rings is 3. The Balaban J connectivity index is 0.000000342. The third-order valence-electron chi connectivity index (χ3n) is 8.31. The molecule has 19 heteroatoms. The van der Waals surface area contributed by atoms with Crippen molar-refractivity contribution in [1.29, 1.82) is 0 Å². The van der Waals surface area contributed by atoms with Crippen LogP contribution in [0.1, 0.15) is 45.2 Å². The number of H-pyrrole nitrogens is 1. The molecule has 1 fully saturated rings. The Bertz CT molecular complexity index is 2360. The number of benzene rings is 2. The minimum atomic E-state index is -0.981. The van der Waals surface area contributed by atoms with Gasteiger partial charge in [-0.2, -0.15) is 0 Å². The predicted octanol–water partition coefficient (Wildman–Crippen LogP) is 9.22. The first-order chi connectivity index (χ1) is 28.6. The molecule has 0 saturated carbocycles. The number of likely N-dealkylation sites (tertiary alicyclic amines) is 1. The number of aromatic nitrogens is 4. The van der Waals surface area contributed by atoms with Crippen molar-refractivity contribution < 1.29 is 19.1 Å². The van der Waals surface area contributed by atoms with E-state index in [2.05, 4.69) is 103 Å². The predicted molar refractivity (Wildman–Crippen MR) is 251 cm³/mol. The minimum absolute atomic E-state index is 0.271. The van der Waals surface area contributed by atoms with Crippen molar-refractivity contribution in [2.24, 2.45) is 4.30 Å². The van der Waals surface area contributed by atoms with Gasteiger partial charge in [0.2, 0.25) is 5.91 Å². The summed E-state index contributed by atoms with van der Waals surface area (Å²) in [7, 11) is 4.34. The Morgan fingerprint density at radius 2 is 1.62 bits per heavy atom. The van der Waals surface area contributed by atoms with Crippen LogP contribution in [0, 0.1) is 0 Å². The number of carbonyl (C=O) groups excluding carboxylic acids is 3. The summed E-state index contributed by atoms with van der Waals surface area (Å²) in [6, 6.07) is 27.8. The van der Waals surface area contributed by atoms with Crippen molar-refractivity contribution >= 4 is 114 Å². The molecule has 14 nitrogen and oxygen atoms in total. The van der Waals surface area contributed by atoms with E-state index in [0.717, 1.165) is 31.5 Å². The summed E-state index contributed by atoms with van der Waals surface area (Å²) in [5, 5.41) is 5.67. The van der Waals surface area contributed by atoms with Gasteiger partial charge in [0, 0.05) is 30.3 Å². The number of nitrogens with zero attached hydrogens (tertiary/aromatic N) is 5. The number of ether oxygens (including phenoxy) is 1. The van der Waals surface area contributed by atoms with Crippen molar-refractivity contribution in [3.05, 3.63) is 129 Å². The first-order valence-corrected chi connectivity index (χ1v) is 21.0. The first-order valence-electron chi connectivity index (χ1n) is 18.3. The maximum absolute atomic E-state index is 13.8. The van der Waals surface area contributed by atoms with Crippen LogP contribution in [0.5, 0.6) is 0 Å². The fraction of sp³-hybridized carbons (Fsp3) is 0.220. The number of fused-ring (bicyclic) bond motifs is 1. The van der Waals surface area contributed by atoms with Crippen molar-refractivity contribution in [3.8, 4) is 11.3 Å². The molecule has 7 rings (SSSR count). The first kappa shape index (κ1) is 47.6. The normalized spacial score (nSPS) is 13.5. The Hall–Kier alpha value is -5.11. The zero-order valence-electron chi connectivity index (χ0n) is 32.9. The summed E-state index contributed by atoms with van der Waals surface area (Å²) in [5.41, 5.74) is 16.3. The van der Waals surface area contributed by atoms with Gasteiger partial charge in [-0.05, 0) is 147 Å². The Labute approximate surface area is 380 Å². The topological polar surface area (TPSA) is 207 Å². The van der Waals surface area contributed by atoms with E-state index < -0.39 is 23.8 Å². The van der Waals surface area contributed by atoms with Crippen LogP contribution in [0.2, 0.25) is 0 Å². The van der Waals surface area contributed by atoms with Crippen LogP contribution in [0.4, 0.5) is 21.9 Å². The molecular formula is C41H43BBr3N10O4S. The number of thiol groups is 1. The van der Waals surface area contributed by atoms with Crippen molar-refractivity contribution in [2.45, 2.75) is 51.3 Å². The summed E-state index contributed by atoms with van der Waals surface area (Å²) in [4.78, 5) is 56.9. The SMILES string of the molecule is CC(C)(C)OC(=O)N[C@H](C(=O)N1CCC[C@H]1C(=O)Nc1ccc(-c2cc3nc(Br)ccc3[nH]2)cc1)c1ccccc1.Nc1ccc(Br)nc1Br.Nc1cccnc1.[B]=NS. The van der Waals surface area contributed by atoms with Crippen LogP contribution < -0.4 is 22.1 Å². The number of rotatable bonds is 6. The summed E-state index contributed by atoms with van der Waals surface area (Å²) < 4.78 is 10.3. The van der Waals surface area contributed by atoms with Gasteiger partial charge in [0.25, 0.3) is 5.91 Å².